The number of alkyl halides is 1. The second kappa shape index (κ2) is 5.51. The van der Waals surface area contributed by atoms with Gasteiger partial charge in [0.1, 0.15) is 11.6 Å². The van der Waals surface area contributed by atoms with Crippen molar-refractivity contribution in [1.82, 2.24) is 19.5 Å². The van der Waals surface area contributed by atoms with Gasteiger partial charge in [-0.25, -0.2) is 15.0 Å². The molecule has 0 bridgehead atoms. The van der Waals surface area contributed by atoms with Gasteiger partial charge in [0.25, 0.3) is 0 Å². The van der Waals surface area contributed by atoms with Crippen LogP contribution in [0.3, 0.4) is 0 Å². The summed E-state index contributed by atoms with van der Waals surface area (Å²) in [5, 5.41) is 9.05. The van der Waals surface area contributed by atoms with Gasteiger partial charge in [-0.3, -0.25) is 0 Å². The molecule has 0 fully saturated rings. The van der Waals surface area contributed by atoms with Crippen LogP contribution in [0.1, 0.15) is 22.9 Å². The number of benzene rings is 1. The van der Waals surface area contributed by atoms with E-state index in [2.05, 4.69) is 21.0 Å². The summed E-state index contributed by atoms with van der Waals surface area (Å²) in [6, 6.07) is 9.43. The minimum absolute atomic E-state index is 0.306. The van der Waals surface area contributed by atoms with Crippen molar-refractivity contribution in [2.45, 2.75) is 19.3 Å². The van der Waals surface area contributed by atoms with Crippen molar-refractivity contribution in [1.29, 1.82) is 5.26 Å². The Morgan fingerprint density at radius 3 is 2.86 bits per heavy atom. The number of aryl methyl sites for hydroxylation is 1. The molecule has 0 atom stereocenters. The minimum Gasteiger partial charge on any atom is -0.321 e. The fourth-order valence-electron chi connectivity index (χ4n) is 2.28. The van der Waals surface area contributed by atoms with Crippen LogP contribution in [-0.4, -0.2) is 19.5 Å². The Labute approximate surface area is 126 Å². The SMILES string of the molecule is Cc1nccc(Cn2c(CCl)nc3ccc(C#N)cc32)n1. The third-order valence-corrected chi connectivity index (χ3v) is 3.47. The molecule has 0 aliphatic rings. The molecule has 0 radical (unpaired) electrons. The zero-order chi connectivity index (χ0) is 14.8. The lowest BCUT2D eigenvalue weighted by Gasteiger charge is -2.07. The second-order valence-electron chi connectivity index (χ2n) is 4.66. The molecule has 2 aromatic heterocycles. The van der Waals surface area contributed by atoms with Crippen molar-refractivity contribution in [3.63, 3.8) is 0 Å². The summed E-state index contributed by atoms with van der Waals surface area (Å²) in [6.45, 7) is 2.41. The molecule has 0 saturated heterocycles. The van der Waals surface area contributed by atoms with E-state index in [0.29, 0.717) is 18.0 Å². The predicted octanol–water partition coefficient (Wildman–Crippen LogP) is 2.79. The van der Waals surface area contributed by atoms with E-state index >= 15 is 0 Å². The van der Waals surface area contributed by atoms with Crippen LogP contribution in [-0.2, 0) is 12.4 Å². The third kappa shape index (κ3) is 2.58. The van der Waals surface area contributed by atoms with Crippen molar-refractivity contribution in [2.24, 2.45) is 0 Å². The zero-order valence-corrected chi connectivity index (χ0v) is 12.2. The van der Waals surface area contributed by atoms with Crippen LogP contribution < -0.4 is 0 Å². The zero-order valence-electron chi connectivity index (χ0n) is 11.4. The lowest BCUT2D eigenvalue weighted by atomic mass is 10.2. The maximum absolute atomic E-state index is 9.05. The molecule has 21 heavy (non-hydrogen) atoms. The number of hydrogen-bond donors (Lipinski definition) is 0. The maximum atomic E-state index is 9.05. The monoisotopic (exact) mass is 297 g/mol. The van der Waals surface area contributed by atoms with Gasteiger partial charge in [-0.2, -0.15) is 5.26 Å². The molecule has 3 aromatic rings. The summed E-state index contributed by atoms with van der Waals surface area (Å²) in [5.74, 6) is 1.79. The molecule has 0 aliphatic heterocycles. The normalized spacial score (nSPS) is 10.7. The van der Waals surface area contributed by atoms with Gasteiger partial charge in [0.2, 0.25) is 0 Å². The number of imidazole rings is 1. The van der Waals surface area contributed by atoms with Gasteiger partial charge in [-0.15, -0.1) is 11.6 Å². The smallest absolute Gasteiger partial charge is 0.125 e. The van der Waals surface area contributed by atoms with Crippen molar-refractivity contribution in [2.75, 3.05) is 0 Å². The Morgan fingerprint density at radius 2 is 2.14 bits per heavy atom. The van der Waals surface area contributed by atoms with Crippen LogP contribution in [0, 0.1) is 18.3 Å². The number of halogens is 1. The van der Waals surface area contributed by atoms with Gasteiger partial charge >= 0.3 is 0 Å². The third-order valence-electron chi connectivity index (χ3n) is 3.23. The highest BCUT2D eigenvalue weighted by Crippen LogP contribution is 2.20. The van der Waals surface area contributed by atoms with E-state index < -0.39 is 0 Å². The van der Waals surface area contributed by atoms with E-state index in [-0.39, 0.29) is 0 Å². The van der Waals surface area contributed by atoms with Crippen LogP contribution in [0.25, 0.3) is 11.0 Å². The van der Waals surface area contributed by atoms with Crippen molar-refractivity contribution in [3.8, 4) is 6.07 Å². The molecule has 0 saturated carbocycles. The lowest BCUT2D eigenvalue weighted by Crippen LogP contribution is -2.06. The van der Waals surface area contributed by atoms with Gasteiger partial charge in [0.15, 0.2) is 0 Å². The molecule has 2 heterocycles. The molecular formula is C15H12ClN5. The van der Waals surface area contributed by atoms with Crippen LogP contribution in [0.5, 0.6) is 0 Å². The molecular weight excluding hydrogens is 286 g/mol. The molecule has 0 unspecified atom stereocenters. The van der Waals surface area contributed by atoms with Crippen LogP contribution in [0.15, 0.2) is 30.5 Å². The molecule has 0 aliphatic carbocycles. The quantitative estimate of drug-likeness (QED) is 0.697. The van der Waals surface area contributed by atoms with E-state index in [1.54, 1.807) is 12.3 Å². The molecule has 1 aromatic carbocycles. The Morgan fingerprint density at radius 1 is 1.29 bits per heavy atom. The summed E-state index contributed by atoms with van der Waals surface area (Å²) in [4.78, 5) is 13.0. The highest BCUT2D eigenvalue weighted by atomic mass is 35.5. The van der Waals surface area contributed by atoms with Crippen molar-refractivity contribution >= 4 is 22.6 Å². The van der Waals surface area contributed by atoms with E-state index in [0.717, 1.165) is 28.4 Å². The highest BCUT2D eigenvalue weighted by Gasteiger charge is 2.11. The average Bonchev–Trinajstić information content (AvgIpc) is 2.84. The van der Waals surface area contributed by atoms with Crippen LogP contribution in [0.4, 0.5) is 0 Å². The van der Waals surface area contributed by atoms with E-state index in [1.807, 2.05) is 29.7 Å². The molecule has 5 nitrogen and oxygen atoms in total. The van der Waals surface area contributed by atoms with Crippen LogP contribution in [0.2, 0.25) is 0 Å². The number of nitrogens with zero attached hydrogens (tertiary/aromatic N) is 5. The number of fused-ring (bicyclic) bond motifs is 1. The van der Waals surface area contributed by atoms with Gasteiger partial charge in [0.05, 0.1) is 40.8 Å². The Kier molecular flexibility index (Phi) is 3.55. The molecule has 6 heteroatoms. The molecule has 0 N–H and O–H groups in total. The summed E-state index contributed by atoms with van der Waals surface area (Å²) in [7, 11) is 0. The summed E-state index contributed by atoms with van der Waals surface area (Å²) >= 11 is 5.99. The lowest BCUT2D eigenvalue weighted by molar-refractivity contribution is 0.749. The van der Waals surface area contributed by atoms with Crippen LogP contribution >= 0.6 is 11.6 Å². The highest BCUT2D eigenvalue weighted by molar-refractivity contribution is 6.16. The summed E-state index contributed by atoms with van der Waals surface area (Å²) < 4.78 is 1.99. The van der Waals surface area contributed by atoms with E-state index in [1.165, 1.54) is 0 Å². The summed E-state index contributed by atoms with van der Waals surface area (Å²) in [5.41, 5.74) is 3.20. The molecule has 0 amide bonds. The Balaban J connectivity index is 2.13. The fraction of sp³-hybridized carbons (Fsp3) is 0.200. The molecule has 3 rings (SSSR count). The van der Waals surface area contributed by atoms with Crippen molar-refractivity contribution in [3.05, 3.63) is 53.4 Å². The topological polar surface area (TPSA) is 67.4 Å². The van der Waals surface area contributed by atoms with Crippen molar-refractivity contribution < 1.29 is 0 Å². The first kappa shape index (κ1) is 13.5. The van der Waals surface area contributed by atoms with Gasteiger partial charge in [-0.05, 0) is 31.2 Å². The molecule has 0 spiro atoms. The average molecular weight is 298 g/mol. The standard InChI is InChI=1S/C15H12ClN5/c1-10-18-5-4-12(19-10)9-21-14-6-11(8-17)2-3-13(14)20-15(21)7-16/h2-6H,7,9H2,1H3. The first-order valence-electron chi connectivity index (χ1n) is 6.45. The number of hydrogen-bond acceptors (Lipinski definition) is 4. The van der Waals surface area contributed by atoms with E-state index in [9.17, 15) is 0 Å². The number of rotatable bonds is 3. The van der Waals surface area contributed by atoms with Gasteiger partial charge in [0, 0.05) is 6.20 Å². The molecule has 104 valence electrons. The predicted molar refractivity (Wildman–Crippen MR) is 79.9 cm³/mol. The first-order chi connectivity index (χ1) is 10.2. The van der Waals surface area contributed by atoms with E-state index in [4.69, 9.17) is 16.9 Å². The Bertz CT molecular complexity index is 847. The number of nitriles is 1. The largest absolute Gasteiger partial charge is 0.321 e. The summed E-state index contributed by atoms with van der Waals surface area (Å²) in [6.07, 6.45) is 1.73. The number of aromatic nitrogens is 4. The van der Waals surface area contributed by atoms with Gasteiger partial charge < -0.3 is 4.57 Å². The first-order valence-corrected chi connectivity index (χ1v) is 6.98. The Hall–Kier alpha value is -2.45. The van der Waals surface area contributed by atoms with Gasteiger partial charge in [-0.1, -0.05) is 0 Å². The fourth-order valence-corrected chi connectivity index (χ4v) is 2.48. The maximum Gasteiger partial charge on any atom is 0.125 e. The second-order valence-corrected chi connectivity index (χ2v) is 4.93. The minimum atomic E-state index is 0.306.